The number of nitrogens with one attached hydrogen (secondary N) is 1. The standard InChI is InChI=1S/C20H27N/c1-15(2)12-13-21-20(18-8-6-5-7-9-18)19-14-16(3)10-11-17(19)4/h5-11,14-15,20-21H,12-13H2,1-4H3. The Hall–Kier alpha value is -1.60. The fourth-order valence-corrected chi connectivity index (χ4v) is 2.64. The van der Waals surface area contributed by atoms with E-state index in [0.29, 0.717) is 0 Å². The zero-order chi connectivity index (χ0) is 15.2. The van der Waals surface area contributed by atoms with Crippen molar-refractivity contribution in [3.8, 4) is 0 Å². The third-order valence-corrected chi connectivity index (χ3v) is 3.95. The molecule has 2 rings (SSSR count). The first kappa shape index (κ1) is 15.8. The molecule has 0 bridgehead atoms. The molecule has 1 unspecified atom stereocenters. The fraction of sp³-hybridized carbons (Fsp3) is 0.400. The van der Waals surface area contributed by atoms with Gasteiger partial charge in [0.05, 0.1) is 6.04 Å². The summed E-state index contributed by atoms with van der Waals surface area (Å²) in [4.78, 5) is 0. The number of hydrogen-bond donors (Lipinski definition) is 1. The number of benzene rings is 2. The van der Waals surface area contributed by atoms with Crippen molar-refractivity contribution in [1.29, 1.82) is 0 Å². The molecule has 1 nitrogen and oxygen atoms in total. The molecule has 2 aromatic rings. The van der Waals surface area contributed by atoms with E-state index in [1.54, 1.807) is 0 Å². The lowest BCUT2D eigenvalue weighted by molar-refractivity contribution is 0.509. The predicted octanol–water partition coefficient (Wildman–Crippen LogP) is 5.03. The first-order chi connectivity index (χ1) is 10.1. The first-order valence-electron chi connectivity index (χ1n) is 7.93. The lowest BCUT2D eigenvalue weighted by atomic mass is 9.93. The molecule has 0 aliphatic carbocycles. The zero-order valence-electron chi connectivity index (χ0n) is 13.7. The van der Waals surface area contributed by atoms with Gasteiger partial charge in [0.25, 0.3) is 0 Å². The molecule has 0 amide bonds. The maximum atomic E-state index is 3.75. The molecule has 1 heteroatoms. The van der Waals surface area contributed by atoms with Crippen LogP contribution in [0.3, 0.4) is 0 Å². The van der Waals surface area contributed by atoms with E-state index in [1.165, 1.54) is 28.7 Å². The fourth-order valence-electron chi connectivity index (χ4n) is 2.64. The van der Waals surface area contributed by atoms with E-state index in [9.17, 15) is 0 Å². The number of rotatable bonds is 6. The Kier molecular flexibility index (Phi) is 5.58. The summed E-state index contributed by atoms with van der Waals surface area (Å²) < 4.78 is 0. The van der Waals surface area contributed by atoms with Gasteiger partial charge in [0.2, 0.25) is 0 Å². The normalized spacial score (nSPS) is 12.6. The maximum absolute atomic E-state index is 3.75. The Morgan fingerprint density at radius 3 is 2.33 bits per heavy atom. The number of aryl methyl sites for hydroxylation is 2. The molecule has 0 heterocycles. The highest BCUT2D eigenvalue weighted by Crippen LogP contribution is 2.26. The third-order valence-electron chi connectivity index (χ3n) is 3.95. The second kappa shape index (κ2) is 7.42. The van der Waals surface area contributed by atoms with Gasteiger partial charge < -0.3 is 5.32 Å². The van der Waals surface area contributed by atoms with E-state index in [4.69, 9.17) is 0 Å². The summed E-state index contributed by atoms with van der Waals surface area (Å²) in [5.74, 6) is 0.729. The topological polar surface area (TPSA) is 12.0 Å². The lowest BCUT2D eigenvalue weighted by Crippen LogP contribution is -2.25. The Balaban J connectivity index is 2.29. The Morgan fingerprint density at radius 1 is 0.952 bits per heavy atom. The summed E-state index contributed by atoms with van der Waals surface area (Å²) in [5, 5.41) is 3.75. The van der Waals surface area contributed by atoms with Crippen molar-refractivity contribution < 1.29 is 0 Å². The molecule has 0 aliphatic heterocycles. The van der Waals surface area contributed by atoms with Crippen LogP contribution in [0.15, 0.2) is 48.5 Å². The van der Waals surface area contributed by atoms with Gasteiger partial charge >= 0.3 is 0 Å². The monoisotopic (exact) mass is 281 g/mol. The van der Waals surface area contributed by atoms with Crippen LogP contribution in [0.2, 0.25) is 0 Å². The van der Waals surface area contributed by atoms with Crippen LogP contribution in [0.25, 0.3) is 0 Å². The first-order valence-corrected chi connectivity index (χ1v) is 7.93. The summed E-state index contributed by atoms with van der Waals surface area (Å²) in [6.07, 6.45) is 1.20. The summed E-state index contributed by atoms with van der Waals surface area (Å²) >= 11 is 0. The summed E-state index contributed by atoms with van der Waals surface area (Å²) in [6.45, 7) is 9.97. The van der Waals surface area contributed by atoms with Gasteiger partial charge in [-0.1, -0.05) is 67.9 Å². The maximum Gasteiger partial charge on any atom is 0.0579 e. The minimum absolute atomic E-state index is 0.282. The highest BCUT2D eigenvalue weighted by atomic mass is 14.9. The highest BCUT2D eigenvalue weighted by Gasteiger charge is 2.15. The second-order valence-corrected chi connectivity index (χ2v) is 6.34. The zero-order valence-corrected chi connectivity index (χ0v) is 13.7. The average molecular weight is 281 g/mol. The quantitative estimate of drug-likeness (QED) is 0.783. The van der Waals surface area contributed by atoms with Gasteiger partial charge in [-0.2, -0.15) is 0 Å². The van der Waals surface area contributed by atoms with E-state index in [2.05, 4.69) is 81.5 Å². The minimum atomic E-state index is 0.282. The summed E-state index contributed by atoms with van der Waals surface area (Å²) in [7, 11) is 0. The van der Waals surface area contributed by atoms with Crippen LogP contribution < -0.4 is 5.32 Å². The summed E-state index contributed by atoms with van der Waals surface area (Å²) in [5.41, 5.74) is 5.41. The van der Waals surface area contributed by atoms with E-state index in [-0.39, 0.29) is 6.04 Å². The molecule has 0 aliphatic rings. The molecule has 21 heavy (non-hydrogen) atoms. The van der Waals surface area contributed by atoms with Gasteiger partial charge in [0, 0.05) is 0 Å². The van der Waals surface area contributed by atoms with Crippen LogP contribution in [0, 0.1) is 19.8 Å². The van der Waals surface area contributed by atoms with Crippen LogP contribution in [0.4, 0.5) is 0 Å². The van der Waals surface area contributed by atoms with Crippen LogP contribution in [-0.4, -0.2) is 6.54 Å². The molecule has 1 N–H and O–H groups in total. The molecule has 112 valence electrons. The molecular weight excluding hydrogens is 254 g/mol. The predicted molar refractivity (Wildman–Crippen MR) is 91.7 cm³/mol. The van der Waals surface area contributed by atoms with Crippen molar-refractivity contribution in [2.24, 2.45) is 5.92 Å². The van der Waals surface area contributed by atoms with Crippen molar-refractivity contribution >= 4 is 0 Å². The molecule has 1 atom stereocenters. The van der Waals surface area contributed by atoms with Gasteiger partial charge in [-0.15, -0.1) is 0 Å². The van der Waals surface area contributed by atoms with Crippen LogP contribution in [-0.2, 0) is 0 Å². The Labute approximate surface area is 129 Å². The molecule has 0 saturated heterocycles. The molecule has 0 spiro atoms. The molecule has 0 fully saturated rings. The van der Waals surface area contributed by atoms with Gasteiger partial charge in [0.1, 0.15) is 0 Å². The van der Waals surface area contributed by atoms with Crippen molar-refractivity contribution in [1.82, 2.24) is 5.32 Å². The van der Waals surface area contributed by atoms with Crippen LogP contribution >= 0.6 is 0 Å². The van der Waals surface area contributed by atoms with Crippen molar-refractivity contribution in [2.45, 2.75) is 40.2 Å². The third kappa shape index (κ3) is 4.44. The highest BCUT2D eigenvalue weighted by molar-refractivity contribution is 5.39. The van der Waals surface area contributed by atoms with E-state index < -0.39 is 0 Å². The minimum Gasteiger partial charge on any atom is -0.306 e. The van der Waals surface area contributed by atoms with E-state index >= 15 is 0 Å². The Bertz CT molecular complexity index is 557. The van der Waals surface area contributed by atoms with E-state index in [0.717, 1.165) is 12.5 Å². The number of hydrogen-bond acceptors (Lipinski definition) is 1. The largest absolute Gasteiger partial charge is 0.306 e. The second-order valence-electron chi connectivity index (χ2n) is 6.34. The van der Waals surface area contributed by atoms with Crippen molar-refractivity contribution in [3.05, 3.63) is 70.8 Å². The smallest absolute Gasteiger partial charge is 0.0579 e. The van der Waals surface area contributed by atoms with E-state index in [1.807, 2.05) is 0 Å². The molecule has 0 radical (unpaired) electrons. The van der Waals surface area contributed by atoms with Gasteiger partial charge in [-0.05, 0) is 49.4 Å². The van der Waals surface area contributed by atoms with Gasteiger partial charge in [-0.25, -0.2) is 0 Å². The molecule has 2 aromatic carbocycles. The van der Waals surface area contributed by atoms with Crippen molar-refractivity contribution in [3.63, 3.8) is 0 Å². The van der Waals surface area contributed by atoms with Gasteiger partial charge in [-0.3, -0.25) is 0 Å². The van der Waals surface area contributed by atoms with Crippen LogP contribution in [0.1, 0.15) is 48.6 Å². The van der Waals surface area contributed by atoms with Gasteiger partial charge in [0.15, 0.2) is 0 Å². The van der Waals surface area contributed by atoms with Crippen molar-refractivity contribution in [2.75, 3.05) is 6.54 Å². The summed E-state index contributed by atoms with van der Waals surface area (Å²) in [6, 6.07) is 17.8. The molecular formula is C20H27N. The van der Waals surface area contributed by atoms with Crippen LogP contribution in [0.5, 0.6) is 0 Å². The Morgan fingerprint density at radius 2 is 1.67 bits per heavy atom. The SMILES string of the molecule is Cc1ccc(C)c(C(NCCC(C)C)c2ccccc2)c1. The molecule has 0 aromatic heterocycles. The lowest BCUT2D eigenvalue weighted by Gasteiger charge is -2.23. The molecule has 0 saturated carbocycles. The average Bonchev–Trinajstić information content (AvgIpc) is 2.47.